The molecule has 0 saturated heterocycles. The number of carbonyl (C=O) groups excluding carboxylic acids is 1. The van der Waals surface area contributed by atoms with Crippen LogP contribution in [0.1, 0.15) is 13.3 Å². The van der Waals surface area contributed by atoms with Gasteiger partial charge < -0.3 is 0 Å². The van der Waals surface area contributed by atoms with Gasteiger partial charge in [-0.15, -0.1) is 0 Å². The Morgan fingerprint density at radius 3 is 2.70 bits per heavy atom. The van der Waals surface area contributed by atoms with Gasteiger partial charge in [0.25, 0.3) is 0 Å². The summed E-state index contributed by atoms with van der Waals surface area (Å²) in [5, 5.41) is 0.490. The van der Waals surface area contributed by atoms with Crippen molar-refractivity contribution in [3.63, 3.8) is 0 Å². The Labute approximate surface area is 66.1 Å². The predicted molar refractivity (Wildman–Crippen MR) is 47.0 cm³/mol. The molecule has 0 aromatic carbocycles. The molecule has 0 aliphatic rings. The Hall–Kier alpha value is -0.310. The standard InChI is InChI=1S/C7H13NOS/c1-6(10-3)4-7(5-9)8-2/h5-6H,4H2,1-3H3. The predicted octanol–water partition coefficient (Wildman–Crippen LogP) is 1.40. The van der Waals surface area contributed by atoms with Crippen molar-refractivity contribution in [3.05, 3.63) is 0 Å². The van der Waals surface area contributed by atoms with E-state index in [0.717, 1.165) is 12.7 Å². The van der Waals surface area contributed by atoms with Crippen LogP contribution < -0.4 is 0 Å². The van der Waals surface area contributed by atoms with E-state index in [4.69, 9.17) is 0 Å². The lowest BCUT2D eigenvalue weighted by atomic mass is 10.2. The van der Waals surface area contributed by atoms with E-state index in [9.17, 15) is 4.79 Å². The molecule has 0 rings (SSSR count). The SMILES string of the molecule is CN=C(C=O)CC(C)SC. The van der Waals surface area contributed by atoms with Crippen LogP contribution in [0.4, 0.5) is 0 Å². The Kier molecular flexibility index (Phi) is 5.30. The molecule has 0 N–H and O–H groups in total. The third kappa shape index (κ3) is 3.67. The minimum atomic E-state index is 0.490. The van der Waals surface area contributed by atoms with Gasteiger partial charge in [-0.2, -0.15) is 11.8 Å². The van der Waals surface area contributed by atoms with Crippen LogP contribution in [0.2, 0.25) is 0 Å². The fraction of sp³-hybridized carbons (Fsp3) is 0.714. The van der Waals surface area contributed by atoms with Crippen LogP contribution in [0.15, 0.2) is 4.99 Å². The van der Waals surface area contributed by atoms with Gasteiger partial charge in [0, 0.05) is 18.7 Å². The largest absolute Gasteiger partial charge is 0.297 e. The van der Waals surface area contributed by atoms with Crippen LogP contribution in [0.25, 0.3) is 0 Å². The lowest BCUT2D eigenvalue weighted by Crippen LogP contribution is -2.07. The number of hydrogen-bond acceptors (Lipinski definition) is 3. The van der Waals surface area contributed by atoms with Gasteiger partial charge in [-0.1, -0.05) is 6.92 Å². The smallest absolute Gasteiger partial charge is 0.163 e. The lowest BCUT2D eigenvalue weighted by molar-refractivity contribution is -0.102. The average molecular weight is 159 g/mol. The zero-order chi connectivity index (χ0) is 7.98. The van der Waals surface area contributed by atoms with Gasteiger partial charge in [0.1, 0.15) is 0 Å². The summed E-state index contributed by atoms with van der Waals surface area (Å²) < 4.78 is 0. The van der Waals surface area contributed by atoms with Gasteiger partial charge in [-0.05, 0) is 6.26 Å². The molecule has 0 fully saturated rings. The number of hydrogen-bond donors (Lipinski definition) is 0. The van der Waals surface area contributed by atoms with E-state index < -0.39 is 0 Å². The van der Waals surface area contributed by atoms with Crippen LogP contribution in [-0.4, -0.2) is 30.6 Å². The maximum atomic E-state index is 10.2. The number of thioether (sulfide) groups is 1. The van der Waals surface area contributed by atoms with Gasteiger partial charge in [0.15, 0.2) is 6.29 Å². The molecule has 0 aromatic rings. The highest BCUT2D eigenvalue weighted by molar-refractivity contribution is 7.99. The first-order chi connectivity index (χ1) is 4.74. The summed E-state index contributed by atoms with van der Waals surface area (Å²) in [4.78, 5) is 14.1. The van der Waals surface area contributed by atoms with E-state index in [-0.39, 0.29) is 0 Å². The van der Waals surface area contributed by atoms with Gasteiger partial charge in [0.2, 0.25) is 0 Å². The summed E-state index contributed by atoms with van der Waals surface area (Å²) in [5.41, 5.74) is 0.654. The first-order valence-electron chi connectivity index (χ1n) is 3.18. The average Bonchev–Trinajstić information content (AvgIpc) is 1.99. The molecule has 1 atom stereocenters. The number of rotatable bonds is 4. The summed E-state index contributed by atoms with van der Waals surface area (Å²) in [6.45, 7) is 2.08. The summed E-state index contributed by atoms with van der Waals surface area (Å²) in [7, 11) is 1.65. The third-order valence-corrected chi connectivity index (χ3v) is 2.29. The summed E-state index contributed by atoms with van der Waals surface area (Å²) in [6, 6.07) is 0. The highest BCUT2D eigenvalue weighted by Gasteiger charge is 2.02. The normalized spacial score (nSPS) is 14.9. The van der Waals surface area contributed by atoms with E-state index >= 15 is 0 Å². The molecular weight excluding hydrogens is 146 g/mol. The maximum Gasteiger partial charge on any atom is 0.163 e. The molecule has 2 nitrogen and oxygen atoms in total. The zero-order valence-electron chi connectivity index (χ0n) is 6.63. The minimum Gasteiger partial charge on any atom is -0.297 e. The maximum absolute atomic E-state index is 10.2. The van der Waals surface area contributed by atoms with E-state index in [1.807, 2.05) is 6.26 Å². The molecule has 0 amide bonds. The van der Waals surface area contributed by atoms with Crippen molar-refractivity contribution >= 4 is 23.8 Å². The Balaban J connectivity index is 3.75. The van der Waals surface area contributed by atoms with Gasteiger partial charge in [-0.25, -0.2) is 0 Å². The van der Waals surface area contributed by atoms with Crippen molar-refractivity contribution in [2.24, 2.45) is 4.99 Å². The number of nitrogens with zero attached hydrogens (tertiary/aromatic N) is 1. The number of aldehydes is 1. The molecule has 10 heavy (non-hydrogen) atoms. The molecule has 0 saturated carbocycles. The lowest BCUT2D eigenvalue weighted by Gasteiger charge is -2.04. The molecule has 0 aliphatic carbocycles. The molecular formula is C7H13NOS. The summed E-state index contributed by atoms with van der Waals surface area (Å²) in [5.74, 6) is 0. The topological polar surface area (TPSA) is 29.4 Å². The Morgan fingerprint density at radius 1 is 1.80 bits per heavy atom. The van der Waals surface area contributed by atoms with Crippen molar-refractivity contribution in [3.8, 4) is 0 Å². The second-order valence-electron chi connectivity index (χ2n) is 2.08. The van der Waals surface area contributed by atoms with Crippen LogP contribution >= 0.6 is 11.8 Å². The quantitative estimate of drug-likeness (QED) is 0.458. The monoisotopic (exact) mass is 159 g/mol. The highest BCUT2D eigenvalue weighted by atomic mass is 32.2. The first-order valence-corrected chi connectivity index (χ1v) is 4.47. The van der Waals surface area contributed by atoms with E-state index in [1.165, 1.54) is 0 Å². The molecule has 0 aromatic heterocycles. The van der Waals surface area contributed by atoms with Crippen molar-refractivity contribution < 1.29 is 4.79 Å². The zero-order valence-corrected chi connectivity index (χ0v) is 7.44. The molecule has 0 aliphatic heterocycles. The molecule has 58 valence electrons. The van der Waals surface area contributed by atoms with Gasteiger partial charge >= 0.3 is 0 Å². The molecule has 3 heteroatoms. The van der Waals surface area contributed by atoms with Crippen molar-refractivity contribution in [2.45, 2.75) is 18.6 Å². The number of aliphatic imine (C=N–C) groups is 1. The molecule has 0 bridgehead atoms. The van der Waals surface area contributed by atoms with Gasteiger partial charge in [-0.3, -0.25) is 9.79 Å². The van der Waals surface area contributed by atoms with Crippen LogP contribution in [0.5, 0.6) is 0 Å². The van der Waals surface area contributed by atoms with Gasteiger partial charge in [0.05, 0.1) is 5.71 Å². The van der Waals surface area contributed by atoms with Crippen LogP contribution in [0, 0.1) is 0 Å². The minimum absolute atomic E-state index is 0.490. The second kappa shape index (κ2) is 5.47. The van der Waals surface area contributed by atoms with E-state index in [2.05, 4.69) is 11.9 Å². The van der Waals surface area contributed by atoms with Crippen molar-refractivity contribution in [1.82, 2.24) is 0 Å². The molecule has 1 unspecified atom stereocenters. The molecule has 0 heterocycles. The number of carbonyl (C=O) groups is 1. The highest BCUT2D eigenvalue weighted by Crippen LogP contribution is 2.09. The third-order valence-electron chi connectivity index (χ3n) is 1.32. The summed E-state index contributed by atoms with van der Waals surface area (Å²) >= 11 is 1.74. The van der Waals surface area contributed by atoms with Crippen molar-refractivity contribution in [2.75, 3.05) is 13.3 Å². The Morgan fingerprint density at radius 2 is 2.40 bits per heavy atom. The van der Waals surface area contributed by atoms with E-state index in [0.29, 0.717) is 11.0 Å². The van der Waals surface area contributed by atoms with E-state index in [1.54, 1.807) is 18.8 Å². The molecule has 0 spiro atoms. The Bertz CT molecular complexity index is 134. The fourth-order valence-corrected chi connectivity index (χ4v) is 0.907. The fourth-order valence-electron chi connectivity index (χ4n) is 0.570. The van der Waals surface area contributed by atoms with Crippen LogP contribution in [0.3, 0.4) is 0 Å². The van der Waals surface area contributed by atoms with Crippen molar-refractivity contribution in [1.29, 1.82) is 0 Å². The summed E-state index contributed by atoms with van der Waals surface area (Å²) in [6.07, 6.45) is 3.64. The second-order valence-corrected chi connectivity index (χ2v) is 3.36. The molecule has 0 radical (unpaired) electrons. The van der Waals surface area contributed by atoms with Crippen LogP contribution in [-0.2, 0) is 4.79 Å². The first kappa shape index (κ1) is 9.69.